The second kappa shape index (κ2) is 4.42. The van der Waals surface area contributed by atoms with Gasteiger partial charge in [-0.25, -0.2) is 4.84 Å². The van der Waals surface area contributed by atoms with E-state index in [0.717, 1.165) is 6.54 Å². The molecule has 0 aromatic heterocycles. The lowest BCUT2D eigenvalue weighted by atomic mass is 9.98. The van der Waals surface area contributed by atoms with Gasteiger partial charge < -0.3 is 0 Å². The molecule has 0 saturated heterocycles. The number of hydrogen-bond acceptors (Lipinski definition) is 1. The van der Waals surface area contributed by atoms with Crippen molar-refractivity contribution in [3.63, 3.8) is 0 Å². The molecule has 0 radical (unpaired) electrons. The summed E-state index contributed by atoms with van der Waals surface area (Å²) in [4.78, 5) is 2.58. The Labute approximate surface area is 62.3 Å². The Morgan fingerprint density at radius 1 is 1.38 bits per heavy atom. The molecule has 0 bridgehead atoms. The third-order valence-corrected chi connectivity index (χ3v) is 0.731. The van der Waals surface area contributed by atoms with Crippen molar-refractivity contribution >= 4 is 24.2 Å². The maximum atomic E-state index is 5.24. The highest BCUT2D eigenvalue weighted by molar-refractivity contribution is 6.13. The molecule has 0 fully saturated rings. The van der Waals surface area contributed by atoms with E-state index < -0.39 is 0 Å². The zero-order chi connectivity index (χ0) is 5.91. The molecule has 8 heavy (non-hydrogen) atoms. The molecule has 0 aromatic carbocycles. The normalized spacial score (nSPS) is 10.5. The molecule has 0 rings (SSSR count). The predicted octanol–water partition coefficient (Wildman–Crippen LogP) is 2.20. The average Bonchev–Trinajstić information content (AvgIpc) is 1.30. The maximum absolute atomic E-state index is 5.24. The van der Waals surface area contributed by atoms with Crippen LogP contribution >= 0.6 is 24.2 Å². The molecule has 3 heteroatoms. The Morgan fingerprint density at radius 3 is 1.75 bits per heavy atom. The van der Waals surface area contributed by atoms with Crippen LogP contribution in [0.4, 0.5) is 0 Å². The van der Waals surface area contributed by atoms with Gasteiger partial charge in [0, 0.05) is 6.54 Å². The average molecular weight is 158 g/mol. The van der Waals surface area contributed by atoms with Gasteiger partial charge in [0.15, 0.2) is 0 Å². The monoisotopic (exact) mass is 157 g/mol. The predicted molar refractivity (Wildman–Crippen MR) is 40.6 cm³/mol. The van der Waals surface area contributed by atoms with E-state index >= 15 is 0 Å². The summed E-state index contributed by atoms with van der Waals surface area (Å²) >= 11 is 5.24. The lowest BCUT2D eigenvalue weighted by Gasteiger charge is -2.14. The molecular formula is C5H13Cl2N. The van der Waals surface area contributed by atoms with E-state index in [1.165, 1.54) is 0 Å². The van der Waals surface area contributed by atoms with Crippen molar-refractivity contribution in [2.24, 2.45) is 5.41 Å². The standard InChI is InChI=1S/C5H12ClN.ClH/c1-5(2,3)4-7-6;/h7H,4H2,1-3H3;1H. The van der Waals surface area contributed by atoms with Gasteiger partial charge >= 0.3 is 0 Å². The maximum Gasteiger partial charge on any atom is 0.0156 e. The summed E-state index contributed by atoms with van der Waals surface area (Å²) < 4.78 is 0. The van der Waals surface area contributed by atoms with Crippen molar-refractivity contribution in [1.82, 2.24) is 4.84 Å². The van der Waals surface area contributed by atoms with E-state index in [0.29, 0.717) is 5.41 Å². The fourth-order valence-corrected chi connectivity index (χ4v) is 0.601. The largest absolute Gasteiger partial charge is 0.233 e. The van der Waals surface area contributed by atoms with Crippen LogP contribution in [0.15, 0.2) is 0 Å². The molecular weight excluding hydrogens is 145 g/mol. The first-order valence-corrected chi connectivity index (χ1v) is 2.77. The molecule has 0 heterocycles. The van der Waals surface area contributed by atoms with Crippen molar-refractivity contribution in [2.45, 2.75) is 20.8 Å². The zero-order valence-electron chi connectivity index (χ0n) is 5.49. The molecule has 0 aliphatic rings. The molecule has 0 aliphatic heterocycles. The second-order valence-corrected chi connectivity index (χ2v) is 3.14. The van der Waals surface area contributed by atoms with Gasteiger partial charge in [-0.1, -0.05) is 20.8 Å². The Kier molecular flexibility index (Phi) is 6.27. The minimum atomic E-state index is 0. The molecule has 0 aromatic rings. The molecule has 0 aliphatic carbocycles. The Hall–Kier alpha value is 0.540. The van der Waals surface area contributed by atoms with Crippen LogP contribution in [0.2, 0.25) is 0 Å². The van der Waals surface area contributed by atoms with Crippen molar-refractivity contribution in [3.8, 4) is 0 Å². The number of rotatable bonds is 1. The van der Waals surface area contributed by atoms with Gasteiger partial charge in [0.25, 0.3) is 0 Å². The van der Waals surface area contributed by atoms with Gasteiger partial charge in [0.05, 0.1) is 0 Å². The van der Waals surface area contributed by atoms with E-state index in [1.54, 1.807) is 0 Å². The minimum Gasteiger partial charge on any atom is -0.233 e. The van der Waals surface area contributed by atoms with Gasteiger partial charge in [-0.05, 0) is 17.2 Å². The lowest BCUT2D eigenvalue weighted by Crippen LogP contribution is -2.19. The Balaban J connectivity index is 0. The van der Waals surface area contributed by atoms with Crippen LogP contribution in [0.3, 0.4) is 0 Å². The highest BCUT2D eigenvalue weighted by Crippen LogP contribution is 2.09. The van der Waals surface area contributed by atoms with E-state index in [1.807, 2.05) is 0 Å². The van der Waals surface area contributed by atoms with E-state index in [2.05, 4.69) is 25.6 Å². The molecule has 1 nitrogen and oxygen atoms in total. The van der Waals surface area contributed by atoms with Crippen LogP contribution in [0.25, 0.3) is 0 Å². The Bertz CT molecular complexity index is 48.9. The molecule has 1 N–H and O–H groups in total. The second-order valence-electron chi connectivity index (χ2n) is 2.87. The summed E-state index contributed by atoms with van der Waals surface area (Å²) in [5.41, 5.74) is 0.307. The van der Waals surface area contributed by atoms with Crippen LogP contribution in [0, 0.1) is 5.41 Å². The zero-order valence-corrected chi connectivity index (χ0v) is 7.07. The summed E-state index contributed by atoms with van der Waals surface area (Å²) in [5, 5.41) is 0. The summed E-state index contributed by atoms with van der Waals surface area (Å²) in [6.45, 7) is 7.24. The van der Waals surface area contributed by atoms with Crippen molar-refractivity contribution in [3.05, 3.63) is 0 Å². The molecule has 0 unspecified atom stereocenters. The molecule has 0 amide bonds. The summed E-state index contributed by atoms with van der Waals surface area (Å²) in [7, 11) is 0. The third kappa shape index (κ3) is 9.74. The van der Waals surface area contributed by atoms with Gasteiger partial charge in [0.2, 0.25) is 0 Å². The fourth-order valence-electron chi connectivity index (χ4n) is 0.200. The first-order valence-electron chi connectivity index (χ1n) is 2.40. The molecule has 0 atom stereocenters. The third-order valence-electron chi connectivity index (χ3n) is 0.597. The summed E-state index contributed by atoms with van der Waals surface area (Å²) in [6, 6.07) is 0. The molecule has 0 saturated carbocycles. The van der Waals surface area contributed by atoms with E-state index in [-0.39, 0.29) is 12.4 Å². The van der Waals surface area contributed by atoms with E-state index in [9.17, 15) is 0 Å². The summed E-state index contributed by atoms with van der Waals surface area (Å²) in [6.07, 6.45) is 0. The van der Waals surface area contributed by atoms with Crippen LogP contribution < -0.4 is 4.84 Å². The first kappa shape index (κ1) is 11.4. The fraction of sp³-hybridized carbons (Fsp3) is 1.00. The van der Waals surface area contributed by atoms with Crippen LogP contribution in [0.1, 0.15) is 20.8 Å². The minimum absolute atomic E-state index is 0. The summed E-state index contributed by atoms with van der Waals surface area (Å²) in [5.74, 6) is 0. The number of halogens is 2. The van der Waals surface area contributed by atoms with Crippen LogP contribution in [-0.2, 0) is 0 Å². The lowest BCUT2D eigenvalue weighted by molar-refractivity contribution is 0.414. The van der Waals surface area contributed by atoms with Gasteiger partial charge in [-0.15, -0.1) is 12.4 Å². The first-order chi connectivity index (χ1) is 3.06. The molecule has 52 valence electrons. The molecule has 0 spiro atoms. The Morgan fingerprint density at radius 2 is 1.75 bits per heavy atom. The van der Waals surface area contributed by atoms with Gasteiger partial charge in [0.1, 0.15) is 0 Å². The van der Waals surface area contributed by atoms with Crippen molar-refractivity contribution < 1.29 is 0 Å². The van der Waals surface area contributed by atoms with Crippen LogP contribution in [-0.4, -0.2) is 6.54 Å². The number of nitrogens with one attached hydrogen (secondary N) is 1. The smallest absolute Gasteiger partial charge is 0.0156 e. The van der Waals surface area contributed by atoms with Crippen molar-refractivity contribution in [1.29, 1.82) is 0 Å². The number of hydrogen-bond donors (Lipinski definition) is 1. The topological polar surface area (TPSA) is 12.0 Å². The van der Waals surface area contributed by atoms with Gasteiger partial charge in [-0.2, -0.15) is 0 Å². The highest BCUT2D eigenvalue weighted by atomic mass is 35.5. The van der Waals surface area contributed by atoms with Crippen molar-refractivity contribution in [2.75, 3.05) is 6.54 Å². The van der Waals surface area contributed by atoms with Gasteiger partial charge in [-0.3, -0.25) is 0 Å². The SMILES string of the molecule is CC(C)(C)CNCl.Cl. The highest BCUT2D eigenvalue weighted by Gasteiger charge is 2.06. The van der Waals surface area contributed by atoms with Crippen LogP contribution in [0.5, 0.6) is 0 Å². The quantitative estimate of drug-likeness (QED) is 0.577. The van der Waals surface area contributed by atoms with E-state index in [4.69, 9.17) is 11.8 Å².